The lowest BCUT2D eigenvalue weighted by Gasteiger charge is -2.10. The molecule has 0 amide bonds. The van der Waals surface area contributed by atoms with Gasteiger partial charge in [-0.15, -0.1) is 11.5 Å². The Balaban J connectivity index is 0. The number of carboxylic acid groups (broad SMARTS) is 4. The van der Waals surface area contributed by atoms with Gasteiger partial charge in [0.05, 0.1) is 75.4 Å². The number of aliphatic hydroxyl groups excluding tert-OH is 2. The van der Waals surface area contributed by atoms with Crippen LogP contribution in [0.4, 0.5) is 0 Å². The van der Waals surface area contributed by atoms with Crippen molar-refractivity contribution in [1.29, 1.82) is 0 Å². The molecule has 58 heavy (non-hydrogen) atoms. The summed E-state index contributed by atoms with van der Waals surface area (Å²) in [7, 11) is 2.00. The number of benzene rings is 2. The van der Waals surface area contributed by atoms with Crippen LogP contribution in [0.5, 0.6) is 11.5 Å². The molecule has 0 aliphatic carbocycles. The lowest BCUT2D eigenvalue weighted by atomic mass is 10.1. The Morgan fingerprint density at radius 1 is 0.431 bits per heavy atom. The summed E-state index contributed by atoms with van der Waals surface area (Å²) >= 11 is 0. The predicted octanol–water partition coefficient (Wildman–Crippen LogP) is -8.97. The van der Waals surface area contributed by atoms with Crippen molar-refractivity contribution in [2.45, 2.75) is 25.7 Å². The van der Waals surface area contributed by atoms with Crippen LogP contribution in [0.25, 0.3) is 0 Å². The van der Waals surface area contributed by atoms with Crippen LogP contribution in [-0.2, 0) is 0 Å². The number of aliphatic hydroxyl groups is 2. The molecule has 2 aliphatic heterocycles. The first kappa shape index (κ1) is 55.6. The number of nitrogens with two attached hydrogens (primary N) is 4. The molecular formula is C38H68N8O12. The van der Waals surface area contributed by atoms with Crippen molar-refractivity contribution >= 4 is 23.9 Å². The van der Waals surface area contributed by atoms with Crippen molar-refractivity contribution in [2.24, 2.45) is 0 Å². The second kappa shape index (κ2) is 39.4. The van der Waals surface area contributed by atoms with Crippen molar-refractivity contribution < 1.29 is 81.3 Å². The van der Waals surface area contributed by atoms with Gasteiger partial charge in [0.15, 0.2) is 0 Å². The Kier molecular flexibility index (Phi) is 37.7. The lowest BCUT2D eigenvalue weighted by molar-refractivity contribution is -0.655. The first-order valence-corrected chi connectivity index (χ1v) is 19.5. The van der Waals surface area contributed by atoms with Crippen molar-refractivity contribution in [3.8, 4) is 11.5 Å². The van der Waals surface area contributed by atoms with Crippen LogP contribution in [-0.4, -0.2) is 163 Å². The van der Waals surface area contributed by atoms with Crippen LogP contribution in [0, 0.1) is 0 Å². The third-order valence-corrected chi connectivity index (χ3v) is 7.93. The van der Waals surface area contributed by atoms with Gasteiger partial charge in [0.1, 0.15) is 0 Å². The summed E-state index contributed by atoms with van der Waals surface area (Å²) in [6, 6.07) is 5.05. The van der Waals surface area contributed by atoms with Gasteiger partial charge < -0.3 is 93.0 Å². The molecule has 0 saturated carbocycles. The Morgan fingerprint density at radius 2 is 0.672 bits per heavy atom. The highest BCUT2D eigenvalue weighted by molar-refractivity contribution is 5.94. The zero-order valence-corrected chi connectivity index (χ0v) is 34.0. The number of aromatic carboxylic acids is 4. The first-order chi connectivity index (χ1) is 28.0. The third kappa shape index (κ3) is 32.6. The smallest absolute Gasteiger partial charge is 0.335 e. The molecule has 20 nitrogen and oxygen atoms in total. The minimum absolute atomic E-state index is 0.355. The second-order valence-corrected chi connectivity index (χ2v) is 12.6. The van der Waals surface area contributed by atoms with Crippen LogP contribution in [0.1, 0.15) is 67.1 Å². The molecule has 2 saturated heterocycles. The van der Waals surface area contributed by atoms with E-state index in [1.54, 1.807) is 0 Å². The molecule has 16 N–H and O–H groups in total. The molecule has 332 valence electrons. The highest BCUT2D eigenvalue weighted by atomic mass is 16.4. The summed E-state index contributed by atoms with van der Waals surface area (Å²) in [5.41, 5.74) is -1.56. The standard InChI is InChI=1S/2C10H24N4.2C8H6O5.2CH4O/c2*1-3-11-7-9-13-5-2-6-14-10-8-12-4-1;2*9-6-2-4(7(10)11)1-5(3-6)8(12)13;2*1-2/h2*11-14H,1-10H2;2*1-3,9H,(H,10,11)(H,12,13);2*2H,1H3. The molecule has 2 heterocycles. The summed E-state index contributed by atoms with van der Waals surface area (Å²) in [6.07, 6.45) is 5.17. The zero-order chi connectivity index (χ0) is 43.8. The van der Waals surface area contributed by atoms with Crippen molar-refractivity contribution in [2.75, 3.05) is 119 Å². The summed E-state index contributed by atoms with van der Waals surface area (Å²) in [5.74, 6) is -7.17. The van der Waals surface area contributed by atoms with Crippen molar-refractivity contribution in [3.05, 3.63) is 58.7 Å². The molecule has 0 atom stereocenters. The van der Waals surface area contributed by atoms with Crippen molar-refractivity contribution in [1.82, 2.24) is 21.3 Å². The van der Waals surface area contributed by atoms with E-state index in [0.29, 0.717) is 0 Å². The molecule has 0 bridgehead atoms. The summed E-state index contributed by atoms with van der Waals surface area (Å²) in [4.78, 5) is 41.3. The fourth-order valence-corrected chi connectivity index (χ4v) is 5.06. The molecule has 2 fully saturated rings. The SMILES string of the molecule is C1CNCC[NH2+]CCCNCC[NH2+]C1.C1CNCC[NH2+]CCCNCC[NH2+]C1.CO.CO.O=C([O-])c1cc([O-])cc(C(=O)O)c1.O=C([O-])c1cc([O-])cc(C(=O)O)c1. The fourth-order valence-electron chi connectivity index (χ4n) is 5.06. The predicted molar refractivity (Wildman–Crippen MR) is 207 cm³/mol. The maximum absolute atomic E-state index is 10.8. The van der Waals surface area contributed by atoms with E-state index in [2.05, 4.69) is 42.5 Å². The maximum atomic E-state index is 10.8. The number of hydrogen-bond donors (Lipinski definition) is 12. The van der Waals surface area contributed by atoms with Gasteiger partial charge in [0, 0.05) is 92.3 Å². The number of nitrogens with one attached hydrogen (secondary N) is 4. The topological polar surface area (TPSA) is 356 Å². The monoisotopic (exact) mass is 828 g/mol. The molecule has 0 aromatic heterocycles. The highest BCUT2D eigenvalue weighted by Crippen LogP contribution is 2.13. The fraction of sp³-hybridized carbons (Fsp3) is 0.579. The van der Waals surface area contributed by atoms with E-state index >= 15 is 0 Å². The normalized spacial score (nSPS) is 16.1. The van der Waals surface area contributed by atoms with Gasteiger partial charge in [-0.2, -0.15) is 0 Å². The molecule has 2 aromatic rings. The number of carbonyl (C=O) groups excluding carboxylic acids is 2. The lowest BCUT2D eigenvalue weighted by Crippen LogP contribution is -2.87. The molecule has 2 aromatic carbocycles. The van der Waals surface area contributed by atoms with Gasteiger partial charge >= 0.3 is 11.9 Å². The molecule has 0 unspecified atom stereocenters. The minimum Gasteiger partial charge on any atom is -0.872 e. The van der Waals surface area contributed by atoms with Crippen LogP contribution in [0.3, 0.4) is 0 Å². The van der Waals surface area contributed by atoms with Crippen molar-refractivity contribution in [3.63, 3.8) is 0 Å². The van der Waals surface area contributed by atoms with E-state index in [1.165, 1.54) is 104 Å². The molecular weight excluding hydrogens is 760 g/mol. The Labute approximate surface area is 340 Å². The average Bonchev–Trinajstić information content (AvgIpc) is 3.21. The van der Waals surface area contributed by atoms with Gasteiger partial charge in [-0.3, -0.25) is 0 Å². The average molecular weight is 829 g/mol. The van der Waals surface area contributed by atoms with Gasteiger partial charge in [-0.25, -0.2) is 9.59 Å². The summed E-state index contributed by atoms with van der Waals surface area (Å²) < 4.78 is 0. The quantitative estimate of drug-likeness (QED) is 0.136. The van der Waals surface area contributed by atoms with E-state index in [9.17, 15) is 39.6 Å². The number of carboxylic acids is 4. The largest absolute Gasteiger partial charge is 0.872 e. The Morgan fingerprint density at radius 3 is 0.897 bits per heavy atom. The maximum Gasteiger partial charge on any atom is 0.335 e. The first-order valence-electron chi connectivity index (χ1n) is 19.5. The molecule has 4 rings (SSSR count). The van der Waals surface area contributed by atoms with Gasteiger partial charge in [-0.1, -0.05) is 24.3 Å². The zero-order valence-electron chi connectivity index (χ0n) is 34.0. The second-order valence-electron chi connectivity index (χ2n) is 12.6. The summed E-state index contributed by atoms with van der Waals surface area (Å²) in [5, 5.41) is 96.6. The molecule has 0 spiro atoms. The Bertz CT molecular complexity index is 1100. The number of hydrogen-bond acceptors (Lipinski definition) is 14. The number of rotatable bonds is 4. The number of quaternary nitrogens is 4. The van der Waals surface area contributed by atoms with E-state index in [-0.39, 0.29) is 11.1 Å². The minimum atomic E-state index is -1.57. The molecule has 20 heteroatoms. The molecule has 0 radical (unpaired) electrons. The van der Waals surface area contributed by atoms with E-state index < -0.39 is 46.5 Å². The van der Waals surface area contributed by atoms with E-state index in [1.807, 2.05) is 0 Å². The van der Waals surface area contributed by atoms with Crippen LogP contribution < -0.4 is 63.0 Å². The van der Waals surface area contributed by atoms with Gasteiger partial charge in [0.25, 0.3) is 0 Å². The van der Waals surface area contributed by atoms with Crippen LogP contribution in [0.15, 0.2) is 36.4 Å². The van der Waals surface area contributed by atoms with Gasteiger partial charge in [0.2, 0.25) is 0 Å². The number of carbonyl (C=O) groups is 4. The highest BCUT2D eigenvalue weighted by Gasteiger charge is 2.05. The molecule has 2 aliphatic rings. The van der Waals surface area contributed by atoms with Gasteiger partial charge in [-0.05, 0) is 23.3 Å². The van der Waals surface area contributed by atoms with Crippen LogP contribution in [0.2, 0.25) is 0 Å². The Hall–Kier alpha value is -4.48. The third-order valence-electron chi connectivity index (χ3n) is 7.93. The van der Waals surface area contributed by atoms with E-state index in [0.717, 1.165) is 76.8 Å². The van der Waals surface area contributed by atoms with Crippen LogP contribution >= 0.6 is 0 Å². The summed E-state index contributed by atoms with van der Waals surface area (Å²) in [6.45, 7) is 19.3. The van der Waals surface area contributed by atoms with E-state index in [4.69, 9.17) is 20.4 Å².